The third-order valence-electron chi connectivity index (χ3n) is 3.18. The molecule has 1 rings (SSSR count). The van der Waals surface area contributed by atoms with E-state index in [1.165, 1.54) is 0 Å². The lowest BCUT2D eigenvalue weighted by Gasteiger charge is -2.29. The van der Waals surface area contributed by atoms with Gasteiger partial charge in [0, 0.05) is 12.5 Å². The molecule has 1 heterocycles. The van der Waals surface area contributed by atoms with Gasteiger partial charge in [-0.1, -0.05) is 27.7 Å². The molecule has 86 valence electrons. The van der Waals surface area contributed by atoms with Crippen molar-refractivity contribution in [1.82, 2.24) is 0 Å². The van der Waals surface area contributed by atoms with Crippen LogP contribution in [0.2, 0.25) is 0 Å². The lowest BCUT2D eigenvalue weighted by atomic mass is 9.78. The molecule has 2 unspecified atom stereocenters. The van der Waals surface area contributed by atoms with Crippen molar-refractivity contribution in [3.8, 4) is 0 Å². The Labute approximate surface area is 92.9 Å². The highest BCUT2D eigenvalue weighted by molar-refractivity contribution is 5.00. The number of nitrogens with two attached hydrogens (primary N) is 1. The molecule has 0 saturated heterocycles. The molecule has 0 aliphatic carbocycles. The SMILES string of the molecule is CC(CC(N)Cc1ccco1)C(C)(C)C. The molecule has 0 spiro atoms. The van der Waals surface area contributed by atoms with Crippen LogP contribution in [0.1, 0.15) is 39.9 Å². The summed E-state index contributed by atoms with van der Waals surface area (Å²) in [6.45, 7) is 9.05. The maximum Gasteiger partial charge on any atom is 0.105 e. The molecule has 0 saturated carbocycles. The first-order valence-electron chi connectivity index (χ1n) is 5.67. The van der Waals surface area contributed by atoms with Gasteiger partial charge in [-0.15, -0.1) is 0 Å². The van der Waals surface area contributed by atoms with Crippen LogP contribution in [-0.2, 0) is 6.42 Å². The fourth-order valence-electron chi connectivity index (χ4n) is 1.58. The van der Waals surface area contributed by atoms with Gasteiger partial charge in [-0.05, 0) is 29.9 Å². The van der Waals surface area contributed by atoms with Crippen LogP contribution in [0.4, 0.5) is 0 Å². The lowest BCUT2D eigenvalue weighted by molar-refractivity contribution is 0.231. The second-order valence-corrected chi connectivity index (χ2v) is 5.55. The van der Waals surface area contributed by atoms with Gasteiger partial charge in [-0.25, -0.2) is 0 Å². The summed E-state index contributed by atoms with van der Waals surface area (Å²) in [7, 11) is 0. The summed E-state index contributed by atoms with van der Waals surface area (Å²) in [5, 5.41) is 0. The van der Waals surface area contributed by atoms with Crippen LogP contribution in [0, 0.1) is 11.3 Å². The zero-order valence-electron chi connectivity index (χ0n) is 10.3. The highest BCUT2D eigenvalue weighted by Crippen LogP contribution is 2.29. The Bertz CT molecular complexity index is 271. The predicted octanol–water partition coefficient (Wildman–Crippen LogP) is 3.22. The van der Waals surface area contributed by atoms with Crippen molar-refractivity contribution < 1.29 is 4.42 Å². The summed E-state index contributed by atoms with van der Waals surface area (Å²) in [6.07, 6.45) is 3.59. The van der Waals surface area contributed by atoms with Gasteiger partial charge in [0.15, 0.2) is 0 Å². The molecule has 15 heavy (non-hydrogen) atoms. The molecule has 0 amide bonds. The van der Waals surface area contributed by atoms with E-state index in [0.717, 1.165) is 18.6 Å². The van der Waals surface area contributed by atoms with E-state index in [1.54, 1.807) is 6.26 Å². The molecule has 0 aliphatic rings. The molecule has 2 N–H and O–H groups in total. The number of furan rings is 1. The molecule has 1 aromatic rings. The van der Waals surface area contributed by atoms with Gasteiger partial charge in [-0.2, -0.15) is 0 Å². The summed E-state index contributed by atoms with van der Waals surface area (Å²) in [5.41, 5.74) is 6.44. The third kappa shape index (κ3) is 4.08. The molecule has 0 aromatic carbocycles. The van der Waals surface area contributed by atoms with Crippen LogP contribution in [0.15, 0.2) is 22.8 Å². The normalized spacial score (nSPS) is 16.3. The molecule has 1 aromatic heterocycles. The summed E-state index contributed by atoms with van der Waals surface area (Å²) in [5.74, 6) is 1.62. The van der Waals surface area contributed by atoms with E-state index in [-0.39, 0.29) is 6.04 Å². The highest BCUT2D eigenvalue weighted by atomic mass is 16.3. The van der Waals surface area contributed by atoms with Gasteiger partial charge in [0.1, 0.15) is 5.76 Å². The Balaban J connectivity index is 2.39. The summed E-state index contributed by atoms with van der Waals surface area (Å²) < 4.78 is 5.29. The summed E-state index contributed by atoms with van der Waals surface area (Å²) in [4.78, 5) is 0. The van der Waals surface area contributed by atoms with E-state index in [9.17, 15) is 0 Å². The Morgan fingerprint density at radius 1 is 1.40 bits per heavy atom. The van der Waals surface area contributed by atoms with E-state index in [1.807, 2.05) is 12.1 Å². The van der Waals surface area contributed by atoms with Crippen molar-refractivity contribution >= 4 is 0 Å². The second kappa shape index (κ2) is 4.84. The lowest BCUT2D eigenvalue weighted by Crippen LogP contribution is -2.30. The van der Waals surface area contributed by atoms with E-state index in [2.05, 4.69) is 27.7 Å². The van der Waals surface area contributed by atoms with E-state index in [4.69, 9.17) is 10.2 Å². The molecule has 2 atom stereocenters. The zero-order chi connectivity index (χ0) is 11.5. The van der Waals surface area contributed by atoms with Crippen molar-refractivity contribution in [2.75, 3.05) is 0 Å². The van der Waals surface area contributed by atoms with Gasteiger partial charge in [0.05, 0.1) is 6.26 Å². The fraction of sp³-hybridized carbons (Fsp3) is 0.692. The molecule has 2 nitrogen and oxygen atoms in total. The minimum absolute atomic E-state index is 0.199. The van der Waals surface area contributed by atoms with Gasteiger partial charge in [0.2, 0.25) is 0 Å². The topological polar surface area (TPSA) is 39.2 Å². The Morgan fingerprint density at radius 2 is 2.07 bits per heavy atom. The van der Waals surface area contributed by atoms with E-state index in [0.29, 0.717) is 11.3 Å². The first-order valence-corrected chi connectivity index (χ1v) is 5.67. The largest absolute Gasteiger partial charge is 0.469 e. The van der Waals surface area contributed by atoms with Crippen molar-refractivity contribution in [1.29, 1.82) is 0 Å². The molecular formula is C13H23NO. The molecule has 0 aliphatic heterocycles. The number of rotatable bonds is 4. The molecule has 0 radical (unpaired) electrons. The molecule has 2 heteroatoms. The average Bonchev–Trinajstić information content (AvgIpc) is 2.54. The van der Waals surface area contributed by atoms with Crippen LogP contribution >= 0.6 is 0 Å². The first kappa shape index (κ1) is 12.3. The first-order chi connectivity index (χ1) is 6.89. The summed E-state index contributed by atoms with van der Waals surface area (Å²) in [6, 6.07) is 4.10. The van der Waals surface area contributed by atoms with Gasteiger partial charge in [0.25, 0.3) is 0 Å². The smallest absolute Gasteiger partial charge is 0.105 e. The number of hydrogen-bond donors (Lipinski definition) is 1. The number of hydrogen-bond acceptors (Lipinski definition) is 2. The van der Waals surface area contributed by atoms with Gasteiger partial charge in [-0.3, -0.25) is 0 Å². The van der Waals surface area contributed by atoms with Crippen molar-refractivity contribution in [2.45, 2.75) is 46.6 Å². The average molecular weight is 209 g/mol. The fourth-order valence-corrected chi connectivity index (χ4v) is 1.58. The Kier molecular flexibility index (Phi) is 3.97. The Hall–Kier alpha value is -0.760. The minimum atomic E-state index is 0.199. The maximum atomic E-state index is 6.10. The maximum absolute atomic E-state index is 6.10. The molecule has 0 fully saturated rings. The molecular weight excluding hydrogens is 186 g/mol. The van der Waals surface area contributed by atoms with Crippen molar-refractivity contribution in [3.63, 3.8) is 0 Å². The standard InChI is InChI=1S/C13H23NO/c1-10(13(2,3)4)8-11(14)9-12-6-5-7-15-12/h5-7,10-11H,8-9,14H2,1-4H3. The van der Waals surface area contributed by atoms with Crippen LogP contribution in [0.25, 0.3) is 0 Å². The second-order valence-electron chi connectivity index (χ2n) is 5.55. The highest BCUT2D eigenvalue weighted by Gasteiger charge is 2.22. The van der Waals surface area contributed by atoms with Crippen molar-refractivity contribution in [2.24, 2.45) is 17.1 Å². The van der Waals surface area contributed by atoms with Gasteiger partial charge >= 0.3 is 0 Å². The van der Waals surface area contributed by atoms with Crippen LogP contribution in [0.3, 0.4) is 0 Å². The van der Waals surface area contributed by atoms with Crippen molar-refractivity contribution in [3.05, 3.63) is 24.2 Å². The van der Waals surface area contributed by atoms with Crippen LogP contribution < -0.4 is 5.73 Å². The summed E-state index contributed by atoms with van der Waals surface area (Å²) >= 11 is 0. The van der Waals surface area contributed by atoms with Crippen LogP contribution in [0.5, 0.6) is 0 Å². The molecule has 0 bridgehead atoms. The Morgan fingerprint density at radius 3 is 2.53 bits per heavy atom. The third-order valence-corrected chi connectivity index (χ3v) is 3.18. The monoisotopic (exact) mass is 209 g/mol. The quantitative estimate of drug-likeness (QED) is 0.827. The van der Waals surface area contributed by atoms with Crippen LogP contribution in [-0.4, -0.2) is 6.04 Å². The predicted molar refractivity (Wildman–Crippen MR) is 63.6 cm³/mol. The minimum Gasteiger partial charge on any atom is -0.469 e. The van der Waals surface area contributed by atoms with E-state index < -0.39 is 0 Å². The van der Waals surface area contributed by atoms with E-state index >= 15 is 0 Å². The van der Waals surface area contributed by atoms with Gasteiger partial charge < -0.3 is 10.2 Å². The zero-order valence-corrected chi connectivity index (χ0v) is 10.3.